The van der Waals surface area contributed by atoms with Crippen molar-refractivity contribution in [2.75, 3.05) is 4.90 Å². The first-order valence-electron chi connectivity index (χ1n) is 5.15. The Morgan fingerprint density at radius 3 is 2.39 bits per heavy atom. The van der Waals surface area contributed by atoms with Crippen LogP contribution in [-0.4, -0.2) is 21.9 Å². The molecule has 0 unspecified atom stereocenters. The van der Waals surface area contributed by atoms with Crippen LogP contribution >= 0.6 is 0 Å². The molecule has 2 aromatic rings. The largest absolute Gasteiger partial charge is 0.351 e. The first kappa shape index (κ1) is 11.7. The molecule has 0 atom stereocenters. The van der Waals surface area contributed by atoms with Gasteiger partial charge in [-0.2, -0.15) is 0 Å². The Morgan fingerprint density at radius 2 is 1.83 bits per heavy atom. The van der Waals surface area contributed by atoms with Crippen molar-refractivity contribution >= 4 is 17.8 Å². The third kappa shape index (κ3) is 2.32. The third-order valence-corrected chi connectivity index (χ3v) is 2.22. The van der Waals surface area contributed by atoms with Gasteiger partial charge in [0.15, 0.2) is 5.82 Å². The van der Waals surface area contributed by atoms with E-state index in [2.05, 4.69) is 9.97 Å². The molecule has 1 aromatic heterocycles. The van der Waals surface area contributed by atoms with Crippen molar-refractivity contribution in [3.05, 3.63) is 54.5 Å². The lowest BCUT2D eigenvalue weighted by atomic mass is 10.2. The number of primary amides is 1. The van der Waals surface area contributed by atoms with Gasteiger partial charge in [-0.3, -0.25) is 9.78 Å². The summed E-state index contributed by atoms with van der Waals surface area (Å²) in [5.41, 5.74) is 5.55. The first-order chi connectivity index (χ1) is 8.70. The molecular formula is C12H10N4O2. The molecule has 0 saturated heterocycles. The van der Waals surface area contributed by atoms with Crippen LogP contribution in [0.15, 0.2) is 48.9 Å². The van der Waals surface area contributed by atoms with E-state index in [1.807, 2.05) is 0 Å². The highest BCUT2D eigenvalue weighted by Crippen LogP contribution is 2.12. The number of amides is 3. The van der Waals surface area contributed by atoms with Crippen LogP contribution in [0, 0.1) is 0 Å². The molecule has 0 spiro atoms. The fraction of sp³-hybridized carbons (Fsp3) is 0. The second-order valence-electron chi connectivity index (χ2n) is 3.41. The van der Waals surface area contributed by atoms with Gasteiger partial charge in [-0.15, -0.1) is 0 Å². The van der Waals surface area contributed by atoms with Crippen LogP contribution in [0.1, 0.15) is 10.4 Å². The maximum Gasteiger partial charge on any atom is 0.327 e. The Hall–Kier alpha value is -2.76. The number of hydrogen-bond acceptors (Lipinski definition) is 4. The van der Waals surface area contributed by atoms with E-state index in [9.17, 15) is 9.59 Å². The van der Waals surface area contributed by atoms with Gasteiger partial charge >= 0.3 is 6.03 Å². The number of carbonyl (C=O) groups is 2. The van der Waals surface area contributed by atoms with Crippen molar-refractivity contribution in [3.8, 4) is 0 Å². The lowest BCUT2D eigenvalue weighted by Gasteiger charge is -2.16. The molecule has 2 rings (SSSR count). The molecule has 1 aromatic carbocycles. The van der Waals surface area contributed by atoms with Gasteiger partial charge in [-0.1, -0.05) is 18.2 Å². The highest BCUT2D eigenvalue weighted by Gasteiger charge is 2.23. The first-order valence-corrected chi connectivity index (χ1v) is 5.15. The summed E-state index contributed by atoms with van der Waals surface area (Å²) in [6.07, 6.45) is 4.12. The van der Waals surface area contributed by atoms with Crippen LogP contribution in [0.4, 0.5) is 10.6 Å². The van der Waals surface area contributed by atoms with E-state index in [1.54, 1.807) is 30.3 Å². The number of hydrogen-bond donors (Lipinski definition) is 1. The van der Waals surface area contributed by atoms with E-state index < -0.39 is 11.9 Å². The number of urea groups is 1. The minimum absolute atomic E-state index is 0.0962. The van der Waals surface area contributed by atoms with Crippen molar-refractivity contribution < 1.29 is 9.59 Å². The lowest BCUT2D eigenvalue weighted by molar-refractivity contribution is 0.0994. The Balaban J connectivity index is 2.39. The smallest absolute Gasteiger partial charge is 0.327 e. The fourth-order valence-corrected chi connectivity index (χ4v) is 1.43. The van der Waals surface area contributed by atoms with Crippen LogP contribution in [0.25, 0.3) is 0 Å². The van der Waals surface area contributed by atoms with E-state index in [-0.39, 0.29) is 5.82 Å². The van der Waals surface area contributed by atoms with Gasteiger partial charge in [0.1, 0.15) is 0 Å². The molecule has 3 amide bonds. The second kappa shape index (κ2) is 5.05. The highest BCUT2D eigenvalue weighted by atomic mass is 16.2. The molecule has 0 aliphatic heterocycles. The summed E-state index contributed by atoms with van der Waals surface area (Å²) in [5, 5.41) is 0. The minimum Gasteiger partial charge on any atom is -0.351 e. The molecule has 6 heteroatoms. The summed E-state index contributed by atoms with van der Waals surface area (Å²) >= 11 is 0. The summed E-state index contributed by atoms with van der Waals surface area (Å²) in [5.74, 6) is -0.442. The third-order valence-electron chi connectivity index (χ3n) is 2.22. The number of nitrogens with two attached hydrogens (primary N) is 1. The molecule has 1 heterocycles. The van der Waals surface area contributed by atoms with Crippen molar-refractivity contribution in [2.24, 2.45) is 5.73 Å². The fourth-order valence-electron chi connectivity index (χ4n) is 1.43. The maximum atomic E-state index is 12.1. The van der Waals surface area contributed by atoms with Gasteiger partial charge in [0.25, 0.3) is 5.91 Å². The summed E-state index contributed by atoms with van der Waals surface area (Å²) in [6.45, 7) is 0. The van der Waals surface area contributed by atoms with Crippen LogP contribution < -0.4 is 10.6 Å². The molecule has 0 aliphatic rings. The highest BCUT2D eigenvalue weighted by molar-refractivity contribution is 6.19. The molecule has 0 fully saturated rings. The standard InChI is InChI=1S/C12H10N4O2/c13-12(18)16(10-8-14-6-7-15-10)11(17)9-4-2-1-3-5-9/h1-8H,(H2,13,18). The molecule has 0 aliphatic carbocycles. The molecule has 0 bridgehead atoms. The molecule has 2 N–H and O–H groups in total. The van der Waals surface area contributed by atoms with Crippen molar-refractivity contribution in [2.45, 2.75) is 0 Å². The minimum atomic E-state index is -0.899. The van der Waals surface area contributed by atoms with Crippen LogP contribution in [0.5, 0.6) is 0 Å². The average Bonchev–Trinajstić information content (AvgIpc) is 2.40. The predicted octanol–water partition coefficient (Wildman–Crippen LogP) is 1.20. The van der Waals surface area contributed by atoms with Crippen LogP contribution in [0.3, 0.4) is 0 Å². The number of rotatable bonds is 2. The van der Waals surface area contributed by atoms with Crippen molar-refractivity contribution in [1.29, 1.82) is 0 Å². The molecule has 6 nitrogen and oxygen atoms in total. The number of anilines is 1. The zero-order valence-corrected chi connectivity index (χ0v) is 9.35. The Bertz CT molecular complexity index is 557. The van der Waals surface area contributed by atoms with Gasteiger partial charge in [-0.05, 0) is 12.1 Å². The molecule has 90 valence electrons. The molecular weight excluding hydrogens is 232 g/mol. The lowest BCUT2D eigenvalue weighted by Crippen LogP contribution is -2.41. The summed E-state index contributed by atoms with van der Waals surface area (Å²) in [6, 6.07) is 7.45. The van der Waals surface area contributed by atoms with Gasteiger partial charge in [0.2, 0.25) is 0 Å². The molecule has 18 heavy (non-hydrogen) atoms. The van der Waals surface area contributed by atoms with E-state index in [4.69, 9.17) is 5.73 Å². The van der Waals surface area contributed by atoms with E-state index in [1.165, 1.54) is 18.6 Å². The topological polar surface area (TPSA) is 89.2 Å². The SMILES string of the molecule is NC(=O)N(C(=O)c1ccccc1)c1cnccn1. The normalized spacial score (nSPS) is 9.78. The Kier molecular flexibility index (Phi) is 3.29. The van der Waals surface area contributed by atoms with Gasteiger partial charge < -0.3 is 5.73 Å². The zero-order chi connectivity index (χ0) is 13.0. The zero-order valence-electron chi connectivity index (χ0n) is 9.35. The Morgan fingerprint density at radius 1 is 1.11 bits per heavy atom. The predicted molar refractivity (Wildman–Crippen MR) is 64.9 cm³/mol. The van der Waals surface area contributed by atoms with E-state index in [0.29, 0.717) is 5.56 Å². The van der Waals surface area contributed by atoms with Crippen LogP contribution in [0.2, 0.25) is 0 Å². The summed E-state index contributed by atoms with van der Waals surface area (Å²) in [7, 11) is 0. The number of imide groups is 1. The van der Waals surface area contributed by atoms with Gasteiger partial charge in [-0.25, -0.2) is 14.7 Å². The summed E-state index contributed by atoms with van der Waals surface area (Å²) < 4.78 is 0. The Labute approximate surface area is 103 Å². The monoisotopic (exact) mass is 242 g/mol. The quantitative estimate of drug-likeness (QED) is 0.856. The number of aromatic nitrogens is 2. The maximum absolute atomic E-state index is 12.1. The number of carbonyl (C=O) groups excluding carboxylic acids is 2. The number of benzene rings is 1. The summed E-state index contributed by atoms with van der Waals surface area (Å²) in [4.78, 5) is 32.0. The second-order valence-corrected chi connectivity index (χ2v) is 3.41. The molecule has 0 radical (unpaired) electrons. The van der Waals surface area contributed by atoms with Crippen LogP contribution in [-0.2, 0) is 0 Å². The van der Waals surface area contributed by atoms with E-state index in [0.717, 1.165) is 4.90 Å². The molecule has 0 saturated carbocycles. The van der Waals surface area contributed by atoms with Gasteiger partial charge in [0.05, 0.1) is 6.20 Å². The average molecular weight is 242 g/mol. The van der Waals surface area contributed by atoms with E-state index >= 15 is 0 Å². The van der Waals surface area contributed by atoms with Crippen molar-refractivity contribution in [1.82, 2.24) is 9.97 Å². The number of nitrogens with zero attached hydrogens (tertiary/aromatic N) is 3. The van der Waals surface area contributed by atoms with Crippen molar-refractivity contribution in [3.63, 3.8) is 0 Å². The van der Waals surface area contributed by atoms with Gasteiger partial charge in [0, 0.05) is 18.0 Å².